The van der Waals surface area contributed by atoms with E-state index in [-0.39, 0.29) is 0 Å². The van der Waals surface area contributed by atoms with Gasteiger partial charge in [-0.05, 0) is 23.9 Å². The molecule has 3 rings (SSSR count). The fraction of sp³-hybridized carbons (Fsp3) is 0.316. The summed E-state index contributed by atoms with van der Waals surface area (Å²) >= 11 is 3.55. The first-order valence-corrected chi connectivity index (χ1v) is 9.84. The average Bonchev–Trinajstić information content (AvgIpc) is 3.27. The number of aromatic nitrogens is 1. The highest BCUT2D eigenvalue weighted by atomic mass is 32.1. The molecule has 1 aromatic carbocycles. The number of para-hydroxylation sites is 1. The Balaban J connectivity index is 1.78. The van der Waals surface area contributed by atoms with Crippen LogP contribution in [0.2, 0.25) is 0 Å². The highest BCUT2D eigenvalue weighted by Gasteiger charge is 2.13. The van der Waals surface area contributed by atoms with Gasteiger partial charge in [0.05, 0.1) is 17.8 Å². The molecule has 0 atom stereocenters. The number of methoxy groups -OCH3 is 1. The Morgan fingerprint density at radius 2 is 1.92 bits per heavy atom. The molecule has 0 aliphatic heterocycles. The van der Waals surface area contributed by atoms with Crippen molar-refractivity contribution in [2.45, 2.75) is 33.0 Å². The second-order valence-corrected chi connectivity index (χ2v) is 7.60. The van der Waals surface area contributed by atoms with Gasteiger partial charge in [0.1, 0.15) is 5.75 Å². The summed E-state index contributed by atoms with van der Waals surface area (Å²) in [6.45, 7) is 4.78. The number of rotatable bonds is 8. The van der Waals surface area contributed by atoms with E-state index < -0.39 is 0 Å². The second-order valence-electron chi connectivity index (χ2n) is 5.62. The Morgan fingerprint density at radius 1 is 1.04 bits per heavy atom. The van der Waals surface area contributed by atoms with Crippen LogP contribution in [-0.2, 0) is 26.1 Å². The van der Waals surface area contributed by atoms with Crippen molar-refractivity contribution >= 4 is 22.7 Å². The molecule has 0 aliphatic carbocycles. The van der Waals surface area contributed by atoms with Crippen molar-refractivity contribution in [3.63, 3.8) is 0 Å². The topological polar surface area (TPSA) is 25.4 Å². The Hall–Kier alpha value is -1.69. The van der Waals surface area contributed by atoms with Crippen LogP contribution in [-0.4, -0.2) is 17.0 Å². The molecule has 2 aromatic heterocycles. The number of thiophene rings is 1. The van der Waals surface area contributed by atoms with Gasteiger partial charge in [0.25, 0.3) is 0 Å². The predicted octanol–water partition coefficient (Wildman–Crippen LogP) is 4.98. The van der Waals surface area contributed by atoms with Crippen LogP contribution in [0.15, 0.2) is 47.2 Å². The molecule has 0 saturated carbocycles. The van der Waals surface area contributed by atoms with Gasteiger partial charge in [-0.3, -0.25) is 4.90 Å². The number of hydrogen-bond acceptors (Lipinski definition) is 5. The first kappa shape index (κ1) is 17.1. The zero-order chi connectivity index (χ0) is 16.8. The third-order valence-electron chi connectivity index (χ3n) is 3.83. The molecule has 2 heterocycles. The molecule has 3 aromatic rings. The van der Waals surface area contributed by atoms with Gasteiger partial charge in [-0.1, -0.05) is 31.2 Å². The molecule has 0 aliphatic rings. The van der Waals surface area contributed by atoms with Crippen LogP contribution < -0.4 is 4.74 Å². The monoisotopic (exact) mass is 358 g/mol. The molecule has 5 heteroatoms. The summed E-state index contributed by atoms with van der Waals surface area (Å²) in [6.07, 6.45) is 1.00. The maximum atomic E-state index is 5.52. The number of aryl methyl sites for hydroxylation is 1. The van der Waals surface area contributed by atoms with E-state index in [1.165, 1.54) is 15.4 Å². The van der Waals surface area contributed by atoms with Crippen LogP contribution in [0, 0.1) is 0 Å². The summed E-state index contributed by atoms with van der Waals surface area (Å²) in [6, 6.07) is 12.5. The van der Waals surface area contributed by atoms with Crippen molar-refractivity contribution in [3.05, 3.63) is 68.3 Å². The molecule has 0 radical (unpaired) electrons. The minimum absolute atomic E-state index is 0.848. The summed E-state index contributed by atoms with van der Waals surface area (Å²) in [4.78, 5) is 8.53. The van der Waals surface area contributed by atoms with Crippen LogP contribution in [0.5, 0.6) is 5.75 Å². The van der Waals surface area contributed by atoms with Crippen molar-refractivity contribution in [1.29, 1.82) is 0 Å². The van der Waals surface area contributed by atoms with E-state index in [1.807, 2.05) is 12.1 Å². The smallest absolute Gasteiger partial charge is 0.123 e. The lowest BCUT2D eigenvalue weighted by Crippen LogP contribution is -2.22. The Kier molecular flexibility index (Phi) is 6.01. The van der Waals surface area contributed by atoms with Gasteiger partial charge in [-0.2, -0.15) is 0 Å². The van der Waals surface area contributed by atoms with Crippen molar-refractivity contribution < 1.29 is 4.74 Å². The molecule has 0 bridgehead atoms. The van der Waals surface area contributed by atoms with Crippen LogP contribution in [0.25, 0.3) is 0 Å². The fourth-order valence-electron chi connectivity index (χ4n) is 2.68. The van der Waals surface area contributed by atoms with Gasteiger partial charge < -0.3 is 4.74 Å². The SMILES string of the molecule is CCc1nc(CN(Cc2cccs2)Cc2ccccc2OC)cs1. The molecule has 126 valence electrons. The lowest BCUT2D eigenvalue weighted by molar-refractivity contribution is 0.243. The van der Waals surface area contributed by atoms with E-state index >= 15 is 0 Å². The van der Waals surface area contributed by atoms with Crippen molar-refractivity contribution in [2.75, 3.05) is 7.11 Å². The quantitative estimate of drug-likeness (QED) is 0.568. The molecule has 0 saturated heterocycles. The van der Waals surface area contributed by atoms with E-state index in [1.54, 1.807) is 29.8 Å². The first-order valence-electron chi connectivity index (χ1n) is 8.08. The van der Waals surface area contributed by atoms with Crippen LogP contribution in [0.3, 0.4) is 0 Å². The van der Waals surface area contributed by atoms with Crippen molar-refractivity contribution in [2.24, 2.45) is 0 Å². The highest BCUT2D eigenvalue weighted by molar-refractivity contribution is 7.10. The van der Waals surface area contributed by atoms with E-state index in [0.717, 1.165) is 37.5 Å². The van der Waals surface area contributed by atoms with Crippen LogP contribution in [0.1, 0.15) is 28.1 Å². The summed E-state index contributed by atoms with van der Waals surface area (Å²) < 4.78 is 5.52. The lowest BCUT2D eigenvalue weighted by Gasteiger charge is -2.22. The van der Waals surface area contributed by atoms with Gasteiger partial charge in [-0.25, -0.2) is 4.98 Å². The normalized spacial score (nSPS) is 11.1. The average molecular weight is 359 g/mol. The molecule has 0 N–H and O–H groups in total. The standard InChI is InChI=1S/C19H22N2OS2/c1-3-19-20-16(14-24-19)12-21(13-17-8-6-10-23-17)11-15-7-4-5-9-18(15)22-2/h4-10,14H,3,11-13H2,1-2H3. The molecular formula is C19H22N2OS2. The molecule has 0 spiro atoms. The molecule has 0 unspecified atom stereocenters. The maximum Gasteiger partial charge on any atom is 0.123 e. The number of nitrogens with zero attached hydrogens (tertiary/aromatic N) is 2. The highest BCUT2D eigenvalue weighted by Crippen LogP contribution is 2.23. The summed E-state index contributed by atoms with van der Waals surface area (Å²) in [5.41, 5.74) is 2.37. The minimum Gasteiger partial charge on any atom is -0.496 e. The van der Waals surface area contributed by atoms with Gasteiger partial charge in [-0.15, -0.1) is 22.7 Å². The zero-order valence-corrected chi connectivity index (χ0v) is 15.7. The van der Waals surface area contributed by atoms with Crippen LogP contribution >= 0.6 is 22.7 Å². The van der Waals surface area contributed by atoms with E-state index in [9.17, 15) is 0 Å². The first-order chi connectivity index (χ1) is 11.8. The van der Waals surface area contributed by atoms with Crippen molar-refractivity contribution in [3.8, 4) is 5.75 Å². The minimum atomic E-state index is 0.848. The van der Waals surface area contributed by atoms with Gasteiger partial charge in [0, 0.05) is 35.5 Å². The molecule has 0 fully saturated rings. The van der Waals surface area contributed by atoms with E-state index in [0.29, 0.717) is 0 Å². The van der Waals surface area contributed by atoms with Gasteiger partial charge in [0.15, 0.2) is 0 Å². The number of ether oxygens (including phenoxy) is 1. The molecular weight excluding hydrogens is 336 g/mol. The summed E-state index contributed by atoms with van der Waals surface area (Å²) in [5.74, 6) is 0.946. The predicted molar refractivity (Wildman–Crippen MR) is 102 cm³/mol. The summed E-state index contributed by atoms with van der Waals surface area (Å²) in [5, 5.41) is 5.52. The molecule has 0 amide bonds. The Labute approximate surface area is 151 Å². The largest absolute Gasteiger partial charge is 0.496 e. The maximum absolute atomic E-state index is 5.52. The fourth-order valence-corrected chi connectivity index (χ4v) is 4.16. The second kappa shape index (κ2) is 8.42. The lowest BCUT2D eigenvalue weighted by atomic mass is 10.2. The van der Waals surface area contributed by atoms with E-state index in [2.05, 4.69) is 46.8 Å². The van der Waals surface area contributed by atoms with Gasteiger partial charge >= 0.3 is 0 Å². The van der Waals surface area contributed by atoms with Gasteiger partial charge in [0.2, 0.25) is 0 Å². The summed E-state index contributed by atoms with van der Waals surface area (Å²) in [7, 11) is 1.73. The number of hydrogen-bond donors (Lipinski definition) is 0. The Morgan fingerprint density at radius 3 is 2.62 bits per heavy atom. The Bertz CT molecular complexity index is 752. The molecule has 24 heavy (non-hydrogen) atoms. The van der Waals surface area contributed by atoms with Crippen molar-refractivity contribution in [1.82, 2.24) is 9.88 Å². The zero-order valence-electron chi connectivity index (χ0n) is 14.1. The third kappa shape index (κ3) is 4.44. The number of thiazole rings is 1. The number of benzene rings is 1. The van der Waals surface area contributed by atoms with Crippen LogP contribution in [0.4, 0.5) is 0 Å². The molecule has 3 nitrogen and oxygen atoms in total. The van der Waals surface area contributed by atoms with E-state index in [4.69, 9.17) is 9.72 Å². The third-order valence-corrected chi connectivity index (χ3v) is 5.74.